The van der Waals surface area contributed by atoms with Gasteiger partial charge in [0.1, 0.15) is 5.54 Å². The lowest BCUT2D eigenvalue weighted by Gasteiger charge is -2.26. The molecule has 0 saturated carbocycles. The van der Waals surface area contributed by atoms with E-state index in [9.17, 15) is 19.5 Å². The van der Waals surface area contributed by atoms with Gasteiger partial charge in [-0.15, -0.1) is 0 Å². The van der Waals surface area contributed by atoms with E-state index in [0.29, 0.717) is 30.4 Å². The van der Waals surface area contributed by atoms with E-state index in [4.69, 9.17) is 0 Å². The second-order valence-electron chi connectivity index (χ2n) is 7.45. The fraction of sp³-hybridized carbons (Fsp3) is 0.550. The number of aliphatic carboxylic acids is 1. The molecule has 3 unspecified atom stereocenters. The van der Waals surface area contributed by atoms with Crippen LogP contribution in [0.15, 0.2) is 24.3 Å². The van der Waals surface area contributed by atoms with Crippen LogP contribution in [0.4, 0.5) is 5.69 Å². The largest absolute Gasteiger partial charge is 0.479 e. The number of rotatable bonds is 6. The fourth-order valence-electron chi connectivity index (χ4n) is 3.71. The first-order valence-corrected chi connectivity index (χ1v) is 10.6. The number of amides is 2. The zero-order valence-corrected chi connectivity index (χ0v) is 16.6. The molecule has 2 fully saturated rings. The van der Waals surface area contributed by atoms with Crippen molar-refractivity contribution in [3.8, 4) is 0 Å². The Bertz CT molecular complexity index is 745. The number of anilines is 1. The first kappa shape index (κ1) is 19.7. The van der Waals surface area contributed by atoms with E-state index in [2.05, 4.69) is 19.2 Å². The fourth-order valence-corrected chi connectivity index (χ4v) is 5.04. The van der Waals surface area contributed by atoms with Gasteiger partial charge in [0.25, 0.3) is 0 Å². The number of nitrogens with one attached hydrogen (secondary N) is 1. The minimum Gasteiger partial charge on any atom is -0.479 e. The summed E-state index contributed by atoms with van der Waals surface area (Å²) in [5, 5.41) is 12.3. The first-order valence-electron chi connectivity index (χ1n) is 9.40. The summed E-state index contributed by atoms with van der Waals surface area (Å²) >= 11 is 1.53. The average Bonchev–Trinajstić information content (AvgIpc) is 3.28. The Hall–Kier alpha value is -2.02. The van der Waals surface area contributed by atoms with Crippen LogP contribution in [0.1, 0.15) is 44.6 Å². The molecule has 146 valence electrons. The van der Waals surface area contributed by atoms with Crippen molar-refractivity contribution in [2.45, 2.75) is 44.6 Å². The second-order valence-corrected chi connectivity index (χ2v) is 8.56. The molecule has 0 bridgehead atoms. The van der Waals surface area contributed by atoms with Crippen LogP contribution in [0.3, 0.4) is 0 Å². The summed E-state index contributed by atoms with van der Waals surface area (Å²) < 4.78 is 0. The van der Waals surface area contributed by atoms with Crippen molar-refractivity contribution in [2.75, 3.05) is 23.0 Å². The molecule has 2 N–H and O–H groups in total. The van der Waals surface area contributed by atoms with E-state index in [1.165, 1.54) is 11.8 Å². The lowest BCUT2D eigenvalue weighted by atomic mass is 9.96. The highest BCUT2D eigenvalue weighted by Crippen LogP contribution is 2.34. The quantitative estimate of drug-likeness (QED) is 0.780. The van der Waals surface area contributed by atoms with E-state index >= 15 is 0 Å². The van der Waals surface area contributed by atoms with Gasteiger partial charge in [0.05, 0.1) is 5.92 Å². The maximum Gasteiger partial charge on any atom is 0.330 e. The highest BCUT2D eigenvalue weighted by atomic mass is 32.2. The number of carbonyl (C=O) groups is 3. The van der Waals surface area contributed by atoms with Gasteiger partial charge < -0.3 is 15.3 Å². The Morgan fingerprint density at radius 3 is 2.78 bits per heavy atom. The summed E-state index contributed by atoms with van der Waals surface area (Å²) in [4.78, 5) is 38.7. The number of para-hydroxylation sites is 1. The molecule has 0 aromatic heterocycles. The molecule has 0 radical (unpaired) electrons. The van der Waals surface area contributed by atoms with Gasteiger partial charge in [-0.1, -0.05) is 32.0 Å². The molecule has 6 nitrogen and oxygen atoms in total. The Labute approximate surface area is 163 Å². The maximum atomic E-state index is 12.7. The van der Waals surface area contributed by atoms with E-state index in [1.54, 1.807) is 4.90 Å². The minimum atomic E-state index is -1.20. The third-order valence-corrected chi connectivity index (χ3v) is 6.85. The molecule has 2 aliphatic heterocycles. The molecule has 2 amide bonds. The minimum absolute atomic E-state index is 0.0870. The smallest absolute Gasteiger partial charge is 0.330 e. The number of carbonyl (C=O) groups excluding carboxylic acids is 2. The third kappa shape index (κ3) is 3.83. The van der Waals surface area contributed by atoms with Crippen molar-refractivity contribution in [3.63, 3.8) is 0 Å². The lowest BCUT2D eigenvalue weighted by molar-refractivity contribution is -0.147. The molecule has 2 saturated heterocycles. The summed E-state index contributed by atoms with van der Waals surface area (Å²) in [5.74, 6) is -0.547. The monoisotopic (exact) mass is 390 g/mol. The van der Waals surface area contributed by atoms with Crippen molar-refractivity contribution in [3.05, 3.63) is 29.8 Å². The highest BCUT2D eigenvalue weighted by molar-refractivity contribution is 7.99. The molecule has 1 aromatic rings. The number of carboxylic acid groups (broad SMARTS) is 1. The molecule has 1 aromatic carbocycles. The molecule has 0 aliphatic carbocycles. The van der Waals surface area contributed by atoms with Gasteiger partial charge in [0.2, 0.25) is 11.8 Å². The van der Waals surface area contributed by atoms with Gasteiger partial charge in [-0.25, -0.2) is 4.79 Å². The van der Waals surface area contributed by atoms with Gasteiger partial charge in [0, 0.05) is 24.4 Å². The van der Waals surface area contributed by atoms with E-state index < -0.39 is 17.4 Å². The Kier molecular flexibility index (Phi) is 5.79. The van der Waals surface area contributed by atoms with Crippen LogP contribution < -0.4 is 10.2 Å². The molecule has 7 heteroatoms. The van der Waals surface area contributed by atoms with Crippen LogP contribution in [0.25, 0.3) is 0 Å². The normalized spacial score (nSPS) is 26.2. The Morgan fingerprint density at radius 1 is 1.41 bits per heavy atom. The zero-order chi connectivity index (χ0) is 19.6. The van der Waals surface area contributed by atoms with Gasteiger partial charge in [0.15, 0.2) is 0 Å². The first-order chi connectivity index (χ1) is 12.9. The van der Waals surface area contributed by atoms with Crippen molar-refractivity contribution in [1.82, 2.24) is 5.32 Å². The highest BCUT2D eigenvalue weighted by Gasteiger charge is 2.46. The van der Waals surface area contributed by atoms with Crippen LogP contribution in [0.5, 0.6) is 0 Å². The van der Waals surface area contributed by atoms with E-state index in [-0.39, 0.29) is 18.2 Å². The van der Waals surface area contributed by atoms with Crippen molar-refractivity contribution in [2.24, 2.45) is 5.92 Å². The second kappa shape index (κ2) is 7.92. The molecule has 27 heavy (non-hydrogen) atoms. The van der Waals surface area contributed by atoms with Gasteiger partial charge in [-0.05, 0) is 36.1 Å². The molecule has 0 spiro atoms. The van der Waals surface area contributed by atoms with Gasteiger partial charge >= 0.3 is 5.97 Å². The molecule has 2 aliphatic rings. The maximum absolute atomic E-state index is 12.7. The molecule has 2 heterocycles. The summed E-state index contributed by atoms with van der Waals surface area (Å²) in [7, 11) is 0. The van der Waals surface area contributed by atoms with Gasteiger partial charge in [-0.2, -0.15) is 11.8 Å². The van der Waals surface area contributed by atoms with Crippen molar-refractivity contribution >= 4 is 35.2 Å². The van der Waals surface area contributed by atoms with E-state index in [1.807, 2.05) is 24.3 Å². The number of hydrogen-bond donors (Lipinski definition) is 2. The van der Waals surface area contributed by atoms with Crippen LogP contribution in [0.2, 0.25) is 0 Å². The average molecular weight is 391 g/mol. The summed E-state index contributed by atoms with van der Waals surface area (Å²) in [6, 6.07) is 7.81. The zero-order valence-electron chi connectivity index (χ0n) is 15.7. The summed E-state index contributed by atoms with van der Waals surface area (Å²) in [6.07, 6.45) is 1.49. The van der Waals surface area contributed by atoms with E-state index in [0.717, 1.165) is 17.7 Å². The number of hydrogen-bond acceptors (Lipinski definition) is 4. The third-order valence-electron chi connectivity index (χ3n) is 5.66. The molecule has 3 rings (SSSR count). The number of benzene rings is 1. The summed E-state index contributed by atoms with van der Waals surface area (Å²) in [6.45, 7) is 4.52. The number of carboxylic acids is 1. The molecular formula is C20H26N2O4S. The number of nitrogens with zero attached hydrogens (tertiary/aromatic N) is 1. The van der Waals surface area contributed by atoms with Crippen LogP contribution in [0, 0.1) is 5.92 Å². The van der Waals surface area contributed by atoms with Crippen LogP contribution in [-0.2, 0) is 14.4 Å². The standard InChI is InChI=1S/C20H26N2O4S/c1-3-13(2)15-6-4-5-7-16(15)22-11-14(10-17(22)23)18(24)21-20(19(25)26)8-9-27-12-20/h4-7,13-14H,3,8-12H2,1-2H3,(H,21,24)(H,25,26). The van der Waals surface area contributed by atoms with Gasteiger partial charge in [-0.3, -0.25) is 9.59 Å². The predicted molar refractivity (Wildman–Crippen MR) is 106 cm³/mol. The summed E-state index contributed by atoms with van der Waals surface area (Å²) in [5.41, 5.74) is 0.757. The van der Waals surface area contributed by atoms with Crippen LogP contribution >= 0.6 is 11.8 Å². The topological polar surface area (TPSA) is 86.7 Å². The van der Waals surface area contributed by atoms with Crippen molar-refractivity contribution < 1.29 is 19.5 Å². The molecule has 3 atom stereocenters. The number of thioether (sulfide) groups is 1. The SMILES string of the molecule is CCC(C)c1ccccc1N1CC(C(=O)NC2(C(=O)O)CCSC2)CC1=O. The molecular weight excluding hydrogens is 364 g/mol. The van der Waals surface area contributed by atoms with Crippen LogP contribution in [-0.4, -0.2) is 46.5 Å². The Balaban J connectivity index is 1.76. The predicted octanol–water partition coefficient (Wildman–Crippen LogP) is 2.63. The Morgan fingerprint density at radius 2 is 2.15 bits per heavy atom. The van der Waals surface area contributed by atoms with Crippen molar-refractivity contribution in [1.29, 1.82) is 0 Å². The lowest BCUT2D eigenvalue weighted by Crippen LogP contribution is -2.56.